The predicted octanol–water partition coefficient (Wildman–Crippen LogP) is 1.84. The lowest BCUT2D eigenvalue weighted by Crippen LogP contribution is -2.28. The molecule has 2 rings (SSSR count). The number of hydrogen-bond donors (Lipinski definition) is 3. The van der Waals surface area contributed by atoms with Crippen molar-refractivity contribution in [3.05, 3.63) is 23.8 Å². The first-order chi connectivity index (χ1) is 8.70. The molecule has 0 aliphatic carbocycles. The minimum absolute atomic E-state index is 0.0239. The third-order valence-corrected chi connectivity index (χ3v) is 3.27. The van der Waals surface area contributed by atoms with Gasteiger partial charge in [0.15, 0.2) is 0 Å². The van der Waals surface area contributed by atoms with Crippen LogP contribution in [0, 0.1) is 5.92 Å². The first-order valence-corrected chi connectivity index (χ1v) is 6.53. The first-order valence-electron chi connectivity index (χ1n) is 6.53. The van der Waals surface area contributed by atoms with Crippen LogP contribution in [0.4, 0.5) is 11.4 Å². The fourth-order valence-corrected chi connectivity index (χ4v) is 2.22. The summed E-state index contributed by atoms with van der Waals surface area (Å²) in [5, 5.41) is 9.35. The van der Waals surface area contributed by atoms with E-state index >= 15 is 0 Å². The molecule has 1 atom stereocenters. The average molecular weight is 247 g/mol. The number of hydrogen-bond acceptors (Lipinski definition) is 3. The highest BCUT2D eigenvalue weighted by atomic mass is 16.1. The van der Waals surface area contributed by atoms with Gasteiger partial charge in [0, 0.05) is 30.4 Å². The number of nitrogens with one attached hydrogen (secondary N) is 3. The molecule has 0 saturated heterocycles. The Bertz CT molecular complexity index is 431. The fraction of sp³-hybridized carbons (Fsp3) is 0.500. The Morgan fingerprint density at radius 1 is 1.50 bits per heavy atom. The zero-order valence-corrected chi connectivity index (χ0v) is 11.0. The van der Waals surface area contributed by atoms with E-state index in [1.165, 1.54) is 11.3 Å². The van der Waals surface area contributed by atoms with Crippen LogP contribution < -0.4 is 16.0 Å². The van der Waals surface area contributed by atoms with Crippen molar-refractivity contribution >= 4 is 17.3 Å². The molecule has 3 N–H and O–H groups in total. The minimum atomic E-state index is -0.0239. The Morgan fingerprint density at radius 3 is 3.11 bits per heavy atom. The van der Waals surface area contributed by atoms with Gasteiger partial charge in [-0.3, -0.25) is 4.79 Å². The van der Waals surface area contributed by atoms with E-state index in [0.29, 0.717) is 6.54 Å². The standard InChI is InChI=1S/C14H21N3O/c1-10(9-15-2)14(18)17-12-5-6-13-11(8-12)4-3-7-16-13/h5-6,8,10,15-16H,3-4,7,9H2,1-2H3,(H,17,18). The lowest BCUT2D eigenvalue weighted by atomic mass is 10.0. The van der Waals surface area contributed by atoms with Crippen molar-refractivity contribution in [2.45, 2.75) is 19.8 Å². The summed E-state index contributed by atoms with van der Waals surface area (Å²) in [5.74, 6) is 0.0391. The van der Waals surface area contributed by atoms with E-state index in [1.54, 1.807) is 0 Å². The molecule has 1 heterocycles. The third-order valence-electron chi connectivity index (χ3n) is 3.27. The zero-order valence-electron chi connectivity index (χ0n) is 11.0. The highest BCUT2D eigenvalue weighted by Crippen LogP contribution is 2.25. The predicted molar refractivity (Wildman–Crippen MR) is 75.0 cm³/mol. The number of benzene rings is 1. The van der Waals surface area contributed by atoms with Crippen molar-refractivity contribution in [3.63, 3.8) is 0 Å². The maximum Gasteiger partial charge on any atom is 0.228 e. The van der Waals surface area contributed by atoms with Crippen LogP contribution in [-0.2, 0) is 11.2 Å². The molecule has 1 aromatic rings. The van der Waals surface area contributed by atoms with Crippen LogP contribution in [-0.4, -0.2) is 26.0 Å². The first kappa shape index (κ1) is 12.9. The van der Waals surface area contributed by atoms with Crippen molar-refractivity contribution in [2.24, 2.45) is 5.92 Å². The Labute approximate surface area is 108 Å². The van der Waals surface area contributed by atoms with Gasteiger partial charge in [-0.05, 0) is 43.7 Å². The molecule has 1 unspecified atom stereocenters. The van der Waals surface area contributed by atoms with Crippen LogP contribution in [0.3, 0.4) is 0 Å². The van der Waals surface area contributed by atoms with Crippen LogP contribution in [0.15, 0.2) is 18.2 Å². The molecular formula is C14H21N3O. The van der Waals surface area contributed by atoms with Gasteiger partial charge >= 0.3 is 0 Å². The summed E-state index contributed by atoms with van der Waals surface area (Å²) in [4.78, 5) is 11.9. The Hall–Kier alpha value is -1.55. The summed E-state index contributed by atoms with van der Waals surface area (Å²) >= 11 is 0. The molecule has 0 radical (unpaired) electrons. The molecule has 4 heteroatoms. The number of rotatable bonds is 4. The highest BCUT2D eigenvalue weighted by molar-refractivity contribution is 5.92. The van der Waals surface area contributed by atoms with Gasteiger partial charge in [-0.2, -0.15) is 0 Å². The van der Waals surface area contributed by atoms with Crippen LogP contribution in [0.2, 0.25) is 0 Å². The molecule has 1 aliphatic rings. The maximum atomic E-state index is 11.9. The Morgan fingerprint density at radius 2 is 2.33 bits per heavy atom. The van der Waals surface area contributed by atoms with E-state index in [-0.39, 0.29) is 11.8 Å². The fourth-order valence-electron chi connectivity index (χ4n) is 2.22. The van der Waals surface area contributed by atoms with Gasteiger partial charge in [0.1, 0.15) is 0 Å². The van der Waals surface area contributed by atoms with E-state index in [1.807, 2.05) is 26.1 Å². The lowest BCUT2D eigenvalue weighted by molar-refractivity contribution is -0.119. The molecule has 1 aliphatic heterocycles. The van der Waals surface area contributed by atoms with Crippen LogP contribution in [0.5, 0.6) is 0 Å². The van der Waals surface area contributed by atoms with Crippen LogP contribution in [0.1, 0.15) is 18.9 Å². The van der Waals surface area contributed by atoms with Gasteiger partial charge in [-0.25, -0.2) is 0 Å². The number of aryl methyl sites for hydroxylation is 1. The van der Waals surface area contributed by atoms with E-state index in [0.717, 1.165) is 25.1 Å². The average Bonchev–Trinajstić information content (AvgIpc) is 2.39. The van der Waals surface area contributed by atoms with E-state index in [9.17, 15) is 4.79 Å². The number of fused-ring (bicyclic) bond motifs is 1. The molecule has 1 amide bonds. The second kappa shape index (κ2) is 5.87. The van der Waals surface area contributed by atoms with Gasteiger partial charge < -0.3 is 16.0 Å². The molecular weight excluding hydrogens is 226 g/mol. The summed E-state index contributed by atoms with van der Waals surface area (Å²) in [7, 11) is 1.86. The van der Waals surface area contributed by atoms with Crippen LogP contribution in [0.25, 0.3) is 0 Å². The Kier molecular flexibility index (Phi) is 4.20. The smallest absolute Gasteiger partial charge is 0.228 e. The molecule has 18 heavy (non-hydrogen) atoms. The second-order valence-corrected chi connectivity index (χ2v) is 4.85. The summed E-state index contributed by atoms with van der Waals surface area (Å²) in [6, 6.07) is 6.08. The van der Waals surface area contributed by atoms with Crippen molar-refractivity contribution in [3.8, 4) is 0 Å². The molecule has 0 aromatic heterocycles. The number of carbonyl (C=O) groups excluding carboxylic acids is 1. The van der Waals surface area contributed by atoms with Crippen molar-refractivity contribution in [1.29, 1.82) is 0 Å². The van der Waals surface area contributed by atoms with Gasteiger partial charge in [0.25, 0.3) is 0 Å². The lowest BCUT2D eigenvalue weighted by Gasteiger charge is -2.19. The number of anilines is 2. The molecule has 0 saturated carbocycles. The molecule has 0 spiro atoms. The summed E-state index contributed by atoms with van der Waals surface area (Å²) in [5.41, 5.74) is 3.38. The quantitative estimate of drug-likeness (QED) is 0.761. The second-order valence-electron chi connectivity index (χ2n) is 4.85. The van der Waals surface area contributed by atoms with Gasteiger partial charge in [-0.15, -0.1) is 0 Å². The largest absolute Gasteiger partial charge is 0.385 e. The van der Waals surface area contributed by atoms with Gasteiger partial charge in [0.05, 0.1) is 0 Å². The highest BCUT2D eigenvalue weighted by Gasteiger charge is 2.13. The topological polar surface area (TPSA) is 53.2 Å². The van der Waals surface area contributed by atoms with Gasteiger partial charge in [-0.1, -0.05) is 6.92 Å². The Balaban J connectivity index is 2.03. The summed E-state index contributed by atoms with van der Waals surface area (Å²) in [6.07, 6.45) is 2.23. The van der Waals surface area contributed by atoms with Crippen LogP contribution >= 0.6 is 0 Å². The molecule has 1 aromatic carbocycles. The van der Waals surface area contributed by atoms with E-state index in [2.05, 4.69) is 22.0 Å². The molecule has 0 fully saturated rings. The molecule has 0 bridgehead atoms. The summed E-state index contributed by atoms with van der Waals surface area (Å²) < 4.78 is 0. The number of carbonyl (C=O) groups is 1. The zero-order chi connectivity index (χ0) is 13.0. The third kappa shape index (κ3) is 3.01. The SMILES string of the molecule is CNCC(C)C(=O)Nc1ccc2c(c1)CCCN2. The normalized spacial score (nSPS) is 15.4. The molecule has 4 nitrogen and oxygen atoms in total. The minimum Gasteiger partial charge on any atom is -0.385 e. The monoisotopic (exact) mass is 247 g/mol. The molecule has 98 valence electrons. The number of amides is 1. The van der Waals surface area contributed by atoms with Crippen molar-refractivity contribution in [2.75, 3.05) is 30.8 Å². The van der Waals surface area contributed by atoms with Crippen molar-refractivity contribution in [1.82, 2.24) is 5.32 Å². The van der Waals surface area contributed by atoms with E-state index in [4.69, 9.17) is 0 Å². The van der Waals surface area contributed by atoms with Crippen molar-refractivity contribution < 1.29 is 4.79 Å². The van der Waals surface area contributed by atoms with Gasteiger partial charge in [0.2, 0.25) is 5.91 Å². The maximum absolute atomic E-state index is 11.9. The summed E-state index contributed by atoms with van der Waals surface area (Å²) in [6.45, 7) is 3.65. The van der Waals surface area contributed by atoms with E-state index < -0.39 is 0 Å².